The molecule has 0 N–H and O–H groups in total. The summed E-state index contributed by atoms with van der Waals surface area (Å²) in [6.07, 6.45) is 20.4. The number of unbranched alkanes of at least 4 members (excludes halogenated alkanes) is 12. The van der Waals surface area contributed by atoms with Crippen LogP contribution in [0.3, 0.4) is 0 Å². The Morgan fingerprint density at radius 1 is 0.700 bits per heavy atom. The normalized spacial score (nSPS) is 17.9. The van der Waals surface area contributed by atoms with E-state index in [1.54, 1.807) is 19.1 Å². The Labute approximate surface area is 357 Å². The van der Waals surface area contributed by atoms with Crippen molar-refractivity contribution in [1.29, 1.82) is 0 Å². The molecule has 2 bridgehead atoms. The lowest BCUT2D eigenvalue weighted by Gasteiger charge is -2.47. The van der Waals surface area contributed by atoms with E-state index in [4.69, 9.17) is 28.4 Å². The van der Waals surface area contributed by atoms with E-state index in [1.807, 2.05) is 36.4 Å². The quantitative estimate of drug-likeness (QED) is 0.0283. The fourth-order valence-electron chi connectivity index (χ4n) is 7.80. The highest BCUT2D eigenvalue weighted by Crippen LogP contribution is 2.46. The number of esters is 4. The molecule has 0 aromatic heterocycles. The SMILES string of the molecule is C=CC(=O)OCCCCCCCCCCCOc1ccc(C(=O)OC23CCCC(C2)C(OC(=O)C#Cc2ccc(OCCCCCCCOC(=O)C(=C)C)cc2)CC3)cc1. The number of carbonyl (C=O) groups excluding carboxylic acids is 4. The molecule has 2 saturated carbocycles. The summed E-state index contributed by atoms with van der Waals surface area (Å²) in [5.74, 6) is 5.62. The van der Waals surface area contributed by atoms with Crippen LogP contribution in [-0.2, 0) is 33.3 Å². The van der Waals surface area contributed by atoms with Crippen molar-refractivity contribution in [2.45, 2.75) is 147 Å². The van der Waals surface area contributed by atoms with Crippen molar-refractivity contribution in [2.24, 2.45) is 5.92 Å². The van der Waals surface area contributed by atoms with Gasteiger partial charge in [0.2, 0.25) is 0 Å². The lowest BCUT2D eigenvalue weighted by atomic mass is 9.67. The second-order valence-corrected chi connectivity index (χ2v) is 16.1. The van der Waals surface area contributed by atoms with Crippen molar-refractivity contribution >= 4 is 23.9 Å². The molecule has 2 aromatic rings. The van der Waals surface area contributed by atoms with Crippen LogP contribution in [0.25, 0.3) is 0 Å². The number of fused-ring (bicyclic) bond motifs is 2. The van der Waals surface area contributed by atoms with Gasteiger partial charge in [-0.05, 0) is 126 Å². The minimum atomic E-state index is -0.544. The first-order valence-electron chi connectivity index (χ1n) is 22.2. The highest BCUT2D eigenvalue weighted by Gasteiger charge is 2.47. The van der Waals surface area contributed by atoms with E-state index < -0.39 is 11.6 Å². The standard InChI is InChI=1S/C50H66O10/c1-4-46(51)57-36-17-12-9-7-5-6-8-11-15-35-56-44-28-24-41(25-29-44)49(54)60-50-32-19-20-42(38-50)45(31-33-50)59-47(52)30-23-40-21-26-43(27-22-40)55-34-16-13-10-14-18-37-58-48(53)39(2)3/h4,21-22,24-29,42,45H,1-2,5-20,31-38H2,3H3. The molecular weight excluding hydrogens is 761 g/mol. The molecule has 2 aromatic carbocycles. The van der Waals surface area contributed by atoms with Gasteiger partial charge in [0, 0.05) is 23.1 Å². The molecule has 2 aliphatic rings. The third-order valence-corrected chi connectivity index (χ3v) is 11.2. The maximum absolute atomic E-state index is 13.3. The lowest BCUT2D eigenvalue weighted by molar-refractivity contribution is -0.157. The maximum atomic E-state index is 13.3. The molecular formula is C50H66O10. The number of ether oxygens (including phenoxy) is 6. The van der Waals surface area contributed by atoms with Crippen LogP contribution in [-0.4, -0.2) is 62.0 Å². The summed E-state index contributed by atoms with van der Waals surface area (Å²) >= 11 is 0. The number of hydrogen-bond acceptors (Lipinski definition) is 10. The third kappa shape index (κ3) is 18.1. The van der Waals surface area contributed by atoms with Gasteiger partial charge < -0.3 is 28.4 Å². The van der Waals surface area contributed by atoms with Crippen molar-refractivity contribution in [2.75, 3.05) is 26.4 Å². The highest BCUT2D eigenvalue weighted by atomic mass is 16.6. The van der Waals surface area contributed by atoms with E-state index in [1.165, 1.54) is 31.8 Å². The predicted octanol–water partition coefficient (Wildman–Crippen LogP) is 10.6. The van der Waals surface area contributed by atoms with E-state index in [9.17, 15) is 19.2 Å². The molecule has 2 fully saturated rings. The molecule has 0 heterocycles. The van der Waals surface area contributed by atoms with Crippen LogP contribution in [0, 0.1) is 17.8 Å². The molecule has 0 radical (unpaired) electrons. The molecule has 0 amide bonds. The largest absolute Gasteiger partial charge is 0.494 e. The van der Waals surface area contributed by atoms with Crippen molar-refractivity contribution in [3.63, 3.8) is 0 Å². The van der Waals surface area contributed by atoms with Gasteiger partial charge in [-0.2, -0.15) is 0 Å². The van der Waals surface area contributed by atoms with E-state index in [0.29, 0.717) is 62.4 Å². The van der Waals surface area contributed by atoms with Gasteiger partial charge in [0.25, 0.3) is 0 Å². The Bertz CT molecular complexity index is 1720. The van der Waals surface area contributed by atoms with Gasteiger partial charge in [-0.25, -0.2) is 19.2 Å². The molecule has 326 valence electrons. The van der Waals surface area contributed by atoms with Gasteiger partial charge in [0.1, 0.15) is 23.2 Å². The summed E-state index contributed by atoms with van der Waals surface area (Å²) in [5, 5.41) is 0. The second kappa shape index (κ2) is 26.9. The van der Waals surface area contributed by atoms with Crippen LogP contribution in [0.4, 0.5) is 0 Å². The molecule has 0 saturated heterocycles. The first-order valence-corrected chi connectivity index (χ1v) is 22.2. The van der Waals surface area contributed by atoms with Crippen molar-refractivity contribution in [1.82, 2.24) is 0 Å². The van der Waals surface area contributed by atoms with E-state index in [2.05, 4.69) is 25.0 Å². The minimum absolute atomic E-state index is 0.122. The zero-order valence-corrected chi connectivity index (χ0v) is 35.8. The highest BCUT2D eigenvalue weighted by molar-refractivity contribution is 5.90. The van der Waals surface area contributed by atoms with E-state index in [0.717, 1.165) is 95.0 Å². The smallest absolute Gasteiger partial charge is 0.384 e. The summed E-state index contributed by atoms with van der Waals surface area (Å²) < 4.78 is 34.0. The number of benzene rings is 2. The summed E-state index contributed by atoms with van der Waals surface area (Å²) in [4.78, 5) is 48.5. The molecule has 60 heavy (non-hydrogen) atoms. The molecule has 4 rings (SSSR count). The van der Waals surface area contributed by atoms with Crippen LogP contribution in [0.1, 0.15) is 151 Å². The minimum Gasteiger partial charge on any atom is -0.494 e. The average molecular weight is 827 g/mol. The number of carbonyl (C=O) groups is 4. The molecule has 3 unspecified atom stereocenters. The Kier molecular flexibility index (Phi) is 21.4. The second-order valence-electron chi connectivity index (χ2n) is 16.1. The third-order valence-electron chi connectivity index (χ3n) is 11.2. The Hall–Kier alpha value is -5.04. The first-order chi connectivity index (χ1) is 29.2. The van der Waals surface area contributed by atoms with Crippen molar-refractivity contribution in [3.8, 4) is 23.3 Å². The van der Waals surface area contributed by atoms with E-state index >= 15 is 0 Å². The fourth-order valence-corrected chi connectivity index (χ4v) is 7.80. The lowest BCUT2D eigenvalue weighted by Crippen LogP contribution is -2.48. The Morgan fingerprint density at radius 3 is 1.80 bits per heavy atom. The van der Waals surface area contributed by atoms with Gasteiger partial charge in [-0.1, -0.05) is 83.3 Å². The fraction of sp³-hybridized carbons (Fsp3) is 0.560. The molecule has 10 heteroatoms. The van der Waals surface area contributed by atoms with Crippen molar-refractivity contribution < 1.29 is 47.6 Å². The van der Waals surface area contributed by atoms with Gasteiger partial charge in [-0.3, -0.25) is 0 Å². The topological polar surface area (TPSA) is 124 Å². The monoisotopic (exact) mass is 826 g/mol. The average Bonchev–Trinajstić information content (AvgIpc) is 3.25. The molecule has 3 atom stereocenters. The molecule has 2 aliphatic carbocycles. The zero-order valence-electron chi connectivity index (χ0n) is 35.8. The zero-order chi connectivity index (χ0) is 42.8. The number of rotatable bonds is 27. The molecule has 0 aliphatic heterocycles. The van der Waals surface area contributed by atoms with E-state index in [-0.39, 0.29) is 29.9 Å². The van der Waals surface area contributed by atoms with Crippen LogP contribution < -0.4 is 9.47 Å². The van der Waals surface area contributed by atoms with Crippen molar-refractivity contribution in [3.05, 3.63) is 84.5 Å². The van der Waals surface area contributed by atoms with Crippen LogP contribution in [0.5, 0.6) is 11.5 Å². The first kappa shape index (κ1) is 47.6. The molecule has 0 spiro atoms. The van der Waals surface area contributed by atoms with Gasteiger partial charge in [0.05, 0.1) is 32.0 Å². The maximum Gasteiger partial charge on any atom is 0.384 e. The Balaban J connectivity index is 1.06. The molecule has 10 nitrogen and oxygen atoms in total. The summed E-state index contributed by atoms with van der Waals surface area (Å²) in [6.45, 7) is 10.8. The summed E-state index contributed by atoms with van der Waals surface area (Å²) in [5.41, 5.74) is 1.08. The van der Waals surface area contributed by atoms with Gasteiger partial charge in [-0.15, -0.1) is 0 Å². The van der Waals surface area contributed by atoms with Gasteiger partial charge >= 0.3 is 23.9 Å². The van der Waals surface area contributed by atoms with Crippen LogP contribution in [0.2, 0.25) is 0 Å². The Morgan fingerprint density at radius 2 is 1.23 bits per heavy atom. The van der Waals surface area contributed by atoms with Gasteiger partial charge in [0.15, 0.2) is 0 Å². The number of hydrogen-bond donors (Lipinski definition) is 0. The van der Waals surface area contributed by atoms with Crippen LogP contribution >= 0.6 is 0 Å². The van der Waals surface area contributed by atoms with Crippen LogP contribution in [0.15, 0.2) is 73.3 Å². The summed E-state index contributed by atoms with van der Waals surface area (Å²) in [7, 11) is 0. The predicted molar refractivity (Wildman–Crippen MR) is 232 cm³/mol. The summed E-state index contributed by atoms with van der Waals surface area (Å²) in [6, 6.07) is 14.6.